The minimum atomic E-state index is -0.443. The highest BCUT2D eigenvalue weighted by atomic mass is 16.5. The summed E-state index contributed by atoms with van der Waals surface area (Å²) in [4.78, 5) is 11.5. The van der Waals surface area contributed by atoms with Crippen LogP contribution < -0.4 is 0 Å². The largest absolute Gasteiger partial charge is 0.458 e. The van der Waals surface area contributed by atoms with Gasteiger partial charge in [-0.15, -0.1) is 0 Å². The molecule has 0 aliphatic heterocycles. The van der Waals surface area contributed by atoms with Gasteiger partial charge in [-0.05, 0) is 39.4 Å². The fourth-order valence-electron chi connectivity index (χ4n) is 2.80. The van der Waals surface area contributed by atoms with Crippen molar-refractivity contribution in [2.45, 2.75) is 13.2 Å². The third-order valence-electron chi connectivity index (χ3n) is 4.20. The van der Waals surface area contributed by atoms with Crippen molar-refractivity contribution in [1.29, 1.82) is 0 Å². The van der Waals surface area contributed by atoms with Crippen molar-refractivity contribution in [1.82, 2.24) is 0 Å². The van der Waals surface area contributed by atoms with Crippen LogP contribution in [0.5, 0.6) is 0 Å². The Bertz CT molecular complexity index is 896. The second-order valence-corrected chi connectivity index (χ2v) is 5.90. The Morgan fingerprint density at radius 3 is 2.27 bits per heavy atom. The van der Waals surface area contributed by atoms with Gasteiger partial charge < -0.3 is 9.84 Å². The number of benzene rings is 3. The number of carbonyl (C=O) groups is 1. The maximum atomic E-state index is 11.5. The molecule has 3 rings (SSSR count). The summed E-state index contributed by atoms with van der Waals surface area (Å²) in [5.41, 5.74) is 5.96. The molecule has 0 aromatic heterocycles. The maximum absolute atomic E-state index is 11.5. The smallest absolute Gasteiger partial charge is 0.330 e. The van der Waals surface area contributed by atoms with E-state index in [-0.39, 0.29) is 13.2 Å². The zero-order chi connectivity index (χ0) is 18.4. The lowest BCUT2D eigenvalue weighted by Gasteiger charge is -2.13. The van der Waals surface area contributed by atoms with E-state index in [0.717, 1.165) is 33.4 Å². The molecule has 0 saturated heterocycles. The summed E-state index contributed by atoms with van der Waals surface area (Å²) in [6, 6.07) is 23.9. The summed E-state index contributed by atoms with van der Waals surface area (Å²) in [6.45, 7) is 3.64. The van der Waals surface area contributed by atoms with Gasteiger partial charge in [0.25, 0.3) is 0 Å². The molecule has 1 N–H and O–H groups in total. The van der Waals surface area contributed by atoms with Crippen molar-refractivity contribution in [2.24, 2.45) is 0 Å². The highest BCUT2D eigenvalue weighted by Crippen LogP contribution is 2.29. The predicted molar refractivity (Wildman–Crippen MR) is 103 cm³/mol. The van der Waals surface area contributed by atoms with Crippen molar-refractivity contribution in [2.75, 3.05) is 0 Å². The second-order valence-electron chi connectivity index (χ2n) is 5.90. The summed E-state index contributed by atoms with van der Waals surface area (Å²) in [5, 5.41) is 9.19. The normalized spacial score (nSPS) is 10.3. The van der Waals surface area contributed by atoms with E-state index in [4.69, 9.17) is 4.74 Å². The molecular formula is C23H20O3. The summed E-state index contributed by atoms with van der Waals surface area (Å²) >= 11 is 0. The van der Waals surface area contributed by atoms with Crippen molar-refractivity contribution in [3.63, 3.8) is 0 Å². The monoisotopic (exact) mass is 344 g/mol. The molecule has 0 radical (unpaired) electrons. The number of aliphatic hydroxyl groups is 1. The quantitative estimate of drug-likeness (QED) is 0.519. The number of hydrogen-bond donors (Lipinski definition) is 1. The van der Waals surface area contributed by atoms with E-state index in [1.54, 1.807) is 0 Å². The molecule has 3 nitrogen and oxygen atoms in total. The lowest BCUT2D eigenvalue weighted by atomic mass is 9.95. The van der Waals surface area contributed by atoms with Crippen LogP contribution in [0.1, 0.15) is 11.1 Å². The van der Waals surface area contributed by atoms with Crippen molar-refractivity contribution < 1.29 is 14.6 Å². The molecule has 3 aromatic carbocycles. The highest BCUT2D eigenvalue weighted by molar-refractivity contribution is 5.81. The van der Waals surface area contributed by atoms with Crippen LogP contribution in [0.3, 0.4) is 0 Å². The van der Waals surface area contributed by atoms with Gasteiger partial charge >= 0.3 is 5.97 Å². The zero-order valence-electron chi connectivity index (χ0n) is 14.4. The van der Waals surface area contributed by atoms with E-state index in [1.165, 1.54) is 6.08 Å². The molecule has 0 heterocycles. The fraction of sp³-hybridized carbons (Fsp3) is 0.0870. The first-order valence-corrected chi connectivity index (χ1v) is 8.39. The lowest BCUT2D eigenvalue weighted by Crippen LogP contribution is -2.02. The molecule has 3 aromatic rings. The zero-order valence-corrected chi connectivity index (χ0v) is 14.4. The average Bonchev–Trinajstić information content (AvgIpc) is 2.72. The Balaban J connectivity index is 1.99. The minimum absolute atomic E-state index is 0.0238. The predicted octanol–water partition coefficient (Wildman–Crippen LogP) is 4.74. The van der Waals surface area contributed by atoms with E-state index in [9.17, 15) is 9.90 Å². The molecule has 0 spiro atoms. The van der Waals surface area contributed by atoms with Crippen molar-refractivity contribution >= 4 is 5.97 Å². The first-order valence-electron chi connectivity index (χ1n) is 8.39. The summed E-state index contributed by atoms with van der Waals surface area (Å²) in [7, 11) is 0. The summed E-state index contributed by atoms with van der Waals surface area (Å²) in [5.74, 6) is -0.443. The molecule has 0 bridgehead atoms. The number of carbonyl (C=O) groups excluding carboxylic acids is 1. The molecule has 0 atom stereocenters. The van der Waals surface area contributed by atoms with Crippen LogP contribution in [0.2, 0.25) is 0 Å². The lowest BCUT2D eigenvalue weighted by molar-refractivity contribution is -0.138. The van der Waals surface area contributed by atoms with Crippen molar-refractivity contribution in [3.05, 3.63) is 96.6 Å². The molecule has 0 saturated carbocycles. The van der Waals surface area contributed by atoms with Crippen LogP contribution in [-0.2, 0) is 22.7 Å². The topological polar surface area (TPSA) is 46.5 Å². The van der Waals surface area contributed by atoms with Crippen LogP contribution >= 0.6 is 0 Å². The number of hydrogen-bond acceptors (Lipinski definition) is 3. The summed E-state index contributed by atoms with van der Waals surface area (Å²) < 4.78 is 5.28. The molecule has 0 amide bonds. The Labute approximate surface area is 153 Å². The van der Waals surface area contributed by atoms with Gasteiger partial charge in [0.1, 0.15) is 6.61 Å². The van der Waals surface area contributed by atoms with Crippen LogP contribution in [0.25, 0.3) is 22.3 Å². The van der Waals surface area contributed by atoms with Gasteiger partial charge in [-0.1, -0.05) is 73.3 Å². The first-order chi connectivity index (χ1) is 12.7. The average molecular weight is 344 g/mol. The Hall–Kier alpha value is -3.17. The third kappa shape index (κ3) is 4.08. The fourth-order valence-corrected chi connectivity index (χ4v) is 2.80. The third-order valence-corrected chi connectivity index (χ3v) is 4.20. The van der Waals surface area contributed by atoms with Gasteiger partial charge in [-0.25, -0.2) is 4.79 Å². The molecule has 0 aliphatic carbocycles. The van der Waals surface area contributed by atoms with Crippen LogP contribution in [0.4, 0.5) is 0 Å². The van der Waals surface area contributed by atoms with Crippen LogP contribution in [-0.4, -0.2) is 11.1 Å². The van der Waals surface area contributed by atoms with E-state index in [0.29, 0.717) is 0 Å². The van der Waals surface area contributed by atoms with Gasteiger partial charge in [0, 0.05) is 6.08 Å². The van der Waals surface area contributed by atoms with Gasteiger partial charge in [0.2, 0.25) is 0 Å². The van der Waals surface area contributed by atoms with E-state index in [2.05, 4.69) is 12.6 Å². The first kappa shape index (κ1) is 17.6. The molecule has 0 aliphatic rings. The van der Waals surface area contributed by atoms with Gasteiger partial charge in [0.15, 0.2) is 0 Å². The van der Waals surface area contributed by atoms with Crippen LogP contribution in [0.15, 0.2) is 85.5 Å². The van der Waals surface area contributed by atoms with Crippen LogP contribution in [0, 0.1) is 0 Å². The van der Waals surface area contributed by atoms with Gasteiger partial charge in [-0.3, -0.25) is 0 Å². The maximum Gasteiger partial charge on any atom is 0.330 e. The second kappa shape index (κ2) is 8.28. The number of rotatable bonds is 6. The molecule has 130 valence electrons. The number of aliphatic hydroxyl groups excluding tert-OH is 1. The molecular weight excluding hydrogens is 324 g/mol. The Morgan fingerprint density at radius 2 is 1.62 bits per heavy atom. The van der Waals surface area contributed by atoms with E-state index >= 15 is 0 Å². The molecule has 26 heavy (non-hydrogen) atoms. The van der Waals surface area contributed by atoms with Gasteiger partial charge in [-0.2, -0.15) is 0 Å². The Kier molecular flexibility index (Phi) is 5.62. The molecule has 3 heteroatoms. The Morgan fingerprint density at radius 1 is 0.923 bits per heavy atom. The van der Waals surface area contributed by atoms with E-state index < -0.39 is 5.97 Å². The minimum Gasteiger partial charge on any atom is -0.458 e. The summed E-state index contributed by atoms with van der Waals surface area (Å²) in [6.07, 6.45) is 1.17. The standard InChI is InChI=1S/C23H20O3/c1-2-23(25)26-16-21-14-20(18-10-8-17(15-24)9-11-18)12-13-22(21)19-6-4-3-5-7-19/h2-14,24H,1,15-16H2. The number of ether oxygens (including phenoxy) is 1. The molecule has 0 unspecified atom stereocenters. The highest BCUT2D eigenvalue weighted by Gasteiger charge is 2.09. The SMILES string of the molecule is C=CC(=O)OCc1cc(-c2ccc(CO)cc2)ccc1-c1ccccc1. The van der Waals surface area contributed by atoms with Gasteiger partial charge in [0.05, 0.1) is 6.61 Å². The van der Waals surface area contributed by atoms with Crippen molar-refractivity contribution in [3.8, 4) is 22.3 Å². The van der Waals surface area contributed by atoms with E-state index in [1.807, 2.05) is 66.7 Å². The number of esters is 1. The molecule has 0 fully saturated rings.